The number of halogens is 1. The van der Waals surface area contributed by atoms with Gasteiger partial charge >= 0.3 is 0 Å². The fourth-order valence-corrected chi connectivity index (χ4v) is 4.69. The largest absolute Gasteiger partial charge is 0.507 e. The fraction of sp³-hybridized carbons (Fsp3) is 0.267. The third kappa shape index (κ3) is 5.24. The number of methoxy groups -OCH3 is 1. The second-order valence-electron chi connectivity index (χ2n) is 9.97. The summed E-state index contributed by atoms with van der Waals surface area (Å²) in [4.78, 5) is 28.1. The van der Waals surface area contributed by atoms with Crippen LogP contribution in [0.5, 0.6) is 5.75 Å². The van der Waals surface area contributed by atoms with Crippen molar-refractivity contribution in [2.45, 2.75) is 38.6 Å². The second-order valence-corrected chi connectivity index (χ2v) is 10.9. The molecule has 1 aliphatic heterocycles. The lowest BCUT2D eigenvalue weighted by atomic mass is 9.85. The lowest BCUT2D eigenvalue weighted by Gasteiger charge is -2.26. The molecule has 186 valence electrons. The van der Waals surface area contributed by atoms with E-state index in [0.29, 0.717) is 18.5 Å². The Morgan fingerprint density at radius 1 is 0.944 bits per heavy atom. The maximum absolute atomic E-state index is 13.3. The number of ketones is 1. The summed E-state index contributed by atoms with van der Waals surface area (Å²) < 4.78 is 6.09. The highest BCUT2D eigenvalue weighted by molar-refractivity contribution is 9.10. The smallest absolute Gasteiger partial charge is 0.295 e. The van der Waals surface area contributed by atoms with Crippen LogP contribution in [0.2, 0.25) is 0 Å². The lowest BCUT2D eigenvalue weighted by molar-refractivity contribution is -0.139. The summed E-state index contributed by atoms with van der Waals surface area (Å²) in [5.74, 6) is -0.688. The zero-order valence-corrected chi connectivity index (χ0v) is 22.5. The van der Waals surface area contributed by atoms with Crippen LogP contribution in [0, 0.1) is 0 Å². The van der Waals surface area contributed by atoms with Gasteiger partial charge in [-0.3, -0.25) is 9.59 Å². The lowest BCUT2D eigenvalue weighted by Crippen LogP contribution is -2.31. The van der Waals surface area contributed by atoms with Crippen LogP contribution in [0.25, 0.3) is 5.76 Å². The van der Waals surface area contributed by atoms with Crippen molar-refractivity contribution in [2.24, 2.45) is 0 Å². The van der Waals surface area contributed by atoms with Gasteiger partial charge in [0, 0.05) is 16.6 Å². The van der Waals surface area contributed by atoms with Crippen LogP contribution in [0.4, 0.5) is 0 Å². The quantitative estimate of drug-likeness (QED) is 0.219. The Labute approximate surface area is 220 Å². The average molecular weight is 548 g/mol. The number of ether oxygens (including phenoxy) is 1. The van der Waals surface area contributed by atoms with Crippen molar-refractivity contribution in [3.63, 3.8) is 0 Å². The number of nitrogens with zero attached hydrogens (tertiary/aromatic N) is 1. The highest BCUT2D eigenvalue weighted by atomic mass is 79.9. The van der Waals surface area contributed by atoms with E-state index in [2.05, 4.69) is 36.7 Å². The van der Waals surface area contributed by atoms with Gasteiger partial charge in [-0.1, -0.05) is 85.2 Å². The number of hydrogen-bond acceptors (Lipinski definition) is 4. The molecule has 6 heteroatoms. The molecule has 3 aromatic carbocycles. The number of aliphatic hydroxyl groups excluding tert-OH is 1. The minimum atomic E-state index is -0.680. The topological polar surface area (TPSA) is 66.8 Å². The van der Waals surface area contributed by atoms with Gasteiger partial charge in [-0.2, -0.15) is 0 Å². The molecule has 1 fully saturated rings. The molecule has 0 spiro atoms. The first kappa shape index (κ1) is 25.7. The van der Waals surface area contributed by atoms with E-state index in [4.69, 9.17) is 4.74 Å². The third-order valence-electron chi connectivity index (χ3n) is 6.55. The average Bonchev–Trinajstić information content (AvgIpc) is 3.12. The molecule has 1 N–H and O–H groups in total. The predicted molar refractivity (Wildman–Crippen MR) is 145 cm³/mol. The summed E-state index contributed by atoms with van der Waals surface area (Å²) in [5, 5.41) is 11.2. The molecule has 4 rings (SSSR count). The predicted octanol–water partition coefficient (Wildman–Crippen LogP) is 6.42. The number of carbonyl (C=O) groups excluding carboxylic acids is 2. The first-order valence-corrected chi connectivity index (χ1v) is 12.7. The molecule has 1 unspecified atom stereocenters. The molecule has 1 aliphatic rings. The molecule has 36 heavy (non-hydrogen) atoms. The summed E-state index contributed by atoms with van der Waals surface area (Å²) in [5.41, 5.74) is 3.52. The van der Waals surface area contributed by atoms with Gasteiger partial charge in [0.2, 0.25) is 0 Å². The normalized spacial score (nSPS) is 17.5. The van der Waals surface area contributed by atoms with Crippen molar-refractivity contribution < 1.29 is 19.4 Å². The number of benzene rings is 3. The van der Waals surface area contributed by atoms with Crippen molar-refractivity contribution in [1.29, 1.82) is 0 Å². The van der Waals surface area contributed by atoms with Gasteiger partial charge < -0.3 is 14.7 Å². The van der Waals surface area contributed by atoms with Gasteiger partial charge in [0.05, 0.1) is 18.7 Å². The Morgan fingerprint density at radius 3 is 2.11 bits per heavy atom. The van der Waals surface area contributed by atoms with Crippen molar-refractivity contribution in [2.75, 3.05) is 13.7 Å². The standard InChI is InChI=1S/C30H30BrNO4/c1-30(2,3)22-11-7-20(8-12-22)26-25(27(33)21-9-13-23(31)14-10-21)28(34)29(35)32(26)18-17-19-5-15-24(36-4)16-6-19/h5-16,26,33H,17-18H2,1-4H3/b27-25-. The van der Waals surface area contributed by atoms with E-state index in [1.54, 1.807) is 36.3 Å². The molecule has 0 bridgehead atoms. The first-order valence-electron chi connectivity index (χ1n) is 11.9. The molecular weight excluding hydrogens is 518 g/mol. The van der Waals surface area contributed by atoms with Crippen LogP contribution in [-0.2, 0) is 21.4 Å². The van der Waals surface area contributed by atoms with Gasteiger partial charge in [0.25, 0.3) is 11.7 Å². The van der Waals surface area contributed by atoms with Crippen molar-refractivity contribution >= 4 is 33.4 Å². The maximum atomic E-state index is 13.3. The number of hydrogen-bond donors (Lipinski definition) is 1. The van der Waals surface area contributed by atoms with Crippen LogP contribution in [0.15, 0.2) is 82.8 Å². The van der Waals surface area contributed by atoms with Gasteiger partial charge in [0.15, 0.2) is 0 Å². The molecule has 5 nitrogen and oxygen atoms in total. The maximum Gasteiger partial charge on any atom is 0.295 e. The van der Waals surface area contributed by atoms with Crippen LogP contribution >= 0.6 is 15.9 Å². The van der Waals surface area contributed by atoms with E-state index in [9.17, 15) is 14.7 Å². The van der Waals surface area contributed by atoms with Crippen LogP contribution in [0.3, 0.4) is 0 Å². The highest BCUT2D eigenvalue weighted by Gasteiger charge is 2.45. The molecule has 0 radical (unpaired) electrons. The van der Waals surface area contributed by atoms with E-state index in [0.717, 1.165) is 26.9 Å². The van der Waals surface area contributed by atoms with Crippen molar-refractivity contribution in [1.82, 2.24) is 4.90 Å². The molecule has 1 amide bonds. The van der Waals surface area contributed by atoms with E-state index in [1.807, 2.05) is 48.5 Å². The Balaban J connectivity index is 1.75. The molecule has 1 heterocycles. The van der Waals surface area contributed by atoms with Crippen molar-refractivity contribution in [3.05, 3.63) is 105 Å². The monoisotopic (exact) mass is 547 g/mol. The Morgan fingerprint density at radius 2 is 1.56 bits per heavy atom. The van der Waals surface area contributed by atoms with E-state index < -0.39 is 17.7 Å². The summed E-state index contributed by atoms with van der Waals surface area (Å²) in [6.45, 7) is 6.74. The zero-order valence-electron chi connectivity index (χ0n) is 20.9. The summed E-state index contributed by atoms with van der Waals surface area (Å²) in [6.07, 6.45) is 0.561. The number of Topliss-reactive ketones (excluding diaryl/α,β-unsaturated/α-hetero) is 1. The van der Waals surface area contributed by atoms with E-state index in [1.165, 1.54) is 0 Å². The van der Waals surface area contributed by atoms with Gasteiger partial charge in [-0.05, 0) is 52.8 Å². The molecule has 1 saturated heterocycles. The number of rotatable bonds is 6. The number of carbonyl (C=O) groups is 2. The number of aliphatic hydroxyl groups is 1. The van der Waals surface area contributed by atoms with Gasteiger partial charge in [-0.25, -0.2) is 0 Å². The summed E-state index contributed by atoms with van der Waals surface area (Å²) in [6, 6.07) is 22.0. The molecule has 3 aromatic rings. The van der Waals surface area contributed by atoms with Crippen LogP contribution in [-0.4, -0.2) is 35.4 Å². The molecular formula is C30H30BrNO4. The number of likely N-dealkylation sites (tertiary alicyclic amines) is 1. The first-order chi connectivity index (χ1) is 17.1. The molecule has 0 aromatic heterocycles. The summed E-state index contributed by atoms with van der Waals surface area (Å²) >= 11 is 3.40. The molecule has 1 atom stereocenters. The molecule has 0 aliphatic carbocycles. The van der Waals surface area contributed by atoms with Crippen LogP contribution < -0.4 is 4.74 Å². The summed E-state index contributed by atoms with van der Waals surface area (Å²) in [7, 11) is 1.62. The third-order valence-corrected chi connectivity index (χ3v) is 7.08. The molecule has 0 saturated carbocycles. The van der Waals surface area contributed by atoms with Gasteiger partial charge in [0.1, 0.15) is 11.5 Å². The number of amides is 1. The van der Waals surface area contributed by atoms with Crippen molar-refractivity contribution in [3.8, 4) is 5.75 Å². The second kappa shape index (κ2) is 10.3. The van der Waals surface area contributed by atoms with Crippen LogP contribution in [0.1, 0.15) is 49.1 Å². The minimum absolute atomic E-state index is 0.0356. The van der Waals surface area contributed by atoms with Gasteiger partial charge in [-0.15, -0.1) is 0 Å². The highest BCUT2D eigenvalue weighted by Crippen LogP contribution is 2.40. The van der Waals surface area contributed by atoms with E-state index >= 15 is 0 Å². The fourth-order valence-electron chi connectivity index (χ4n) is 4.43. The Kier molecular flexibility index (Phi) is 7.36. The van der Waals surface area contributed by atoms with E-state index in [-0.39, 0.29) is 16.7 Å². The Bertz CT molecular complexity index is 1290. The Hall–Kier alpha value is -3.38. The minimum Gasteiger partial charge on any atom is -0.507 e. The zero-order chi connectivity index (χ0) is 26.0. The SMILES string of the molecule is COc1ccc(CCN2C(=O)C(=O)/C(=C(\O)c3ccc(Br)cc3)C2c2ccc(C(C)(C)C)cc2)cc1.